The van der Waals surface area contributed by atoms with E-state index in [1.807, 2.05) is 6.92 Å². The van der Waals surface area contributed by atoms with E-state index in [2.05, 4.69) is 0 Å². The van der Waals surface area contributed by atoms with Crippen molar-refractivity contribution in [2.75, 3.05) is 5.75 Å². The average molecular weight is 160 g/mol. The molecule has 0 saturated carbocycles. The molecule has 0 spiro atoms. The first-order valence-corrected chi connectivity index (χ1v) is 4.07. The van der Waals surface area contributed by atoms with Gasteiger partial charge in [0.15, 0.2) is 0 Å². The van der Waals surface area contributed by atoms with Crippen LogP contribution in [0.1, 0.15) is 19.8 Å². The topological polar surface area (TPSA) is 57.2 Å². The molecule has 0 rings (SSSR count). The fourth-order valence-electron chi connectivity index (χ4n) is 0.321. The Balaban J connectivity index is 0. The van der Waals surface area contributed by atoms with Crippen molar-refractivity contribution in [3.63, 3.8) is 0 Å². The van der Waals surface area contributed by atoms with E-state index >= 15 is 0 Å². The standard InChI is InChI=1S/C4H10O3S.Na/c1-2-3-4-8(5,6)7;/h2-4H2,1H3,(H,5,6,7);/q;+1/p-1. The summed E-state index contributed by atoms with van der Waals surface area (Å²) in [5, 5.41) is 0. The van der Waals surface area contributed by atoms with Gasteiger partial charge in [-0.05, 0) is 6.42 Å². The van der Waals surface area contributed by atoms with Gasteiger partial charge in [0.2, 0.25) is 0 Å². The van der Waals surface area contributed by atoms with Gasteiger partial charge in [-0.2, -0.15) is 0 Å². The van der Waals surface area contributed by atoms with Crippen molar-refractivity contribution in [3.05, 3.63) is 0 Å². The first-order valence-electron chi connectivity index (χ1n) is 2.50. The van der Waals surface area contributed by atoms with E-state index in [1.54, 1.807) is 0 Å². The molecular weight excluding hydrogens is 151 g/mol. The molecule has 0 aromatic heterocycles. The second-order valence-electron chi connectivity index (χ2n) is 1.62. The molecule has 0 radical (unpaired) electrons. The molecular formula is C4H9NaO3S. The third-order valence-electron chi connectivity index (χ3n) is 0.748. The smallest absolute Gasteiger partial charge is 0.748 e. The second-order valence-corrected chi connectivity index (χ2v) is 3.14. The zero-order valence-electron chi connectivity index (χ0n) is 5.75. The van der Waals surface area contributed by atoms with Crippen molar-refractivity contribution in [3.8, 4) is 0 Å². The van der Waals surface area contributed by atoms with Crippen LogP contribution >= 0.6 is 0 Å². The average Bonchev–Trinajstić information content (AvgIpc) is 1.59. The maximum Gasteiger partial charge on any atom is 1.00 e. The van der Waals surface area contributed by atoms with Crippen LogP contribution in [0.2, 0.25) is 0 Å². The number of hydrogen-bond acceptors (Lipinski definition) is 3. The van der Waals surface area contributed by atoms with Crippen LogP contribution in [0.4, 0.5) is 0 Å². The van der Waals surface area contributed by atoms with Gasteiger partial charge in [-0.3, -0.25) is 0 Å². The Morgan fingerprint density at radius 1 is 1.44 bits per heavy atom. The molecule has 0 aromatic carbocycles. The Hall–Kier alpha value is 0.910. The maximum absolute atomic E-state index is 9.83. The van der Waals surface area contributed by atoms with E-state index < -0.39 is 10.1 Å². The zero-order valence-corrected chi connectivity index (χ0v) is 8.57. The summed E-state index contributed by atoms with van der Waals surface area (Å²) in [5.74, 6) is -0.219. The third kappa shape index (κ3) is 12.2. The molecule has 0 aliphatic carbocycles. The van der Waals surface area contributed by atoms with E-state index in [0.717, 1.165) is 6.42 Å². The molecule has 0 fully saturated rings. The Morgan fingerprint density at radius 2 is 1.89 bits per heavy atom. The molecule has 0 aliphatic heterocycles. The van der Waals surface area contributed by atoms with E-state index in [0.29, 0.717) is 6.42 Å². The molecule has 0 unspecified atom stereocenters. The minimum Gasteiger partial charge on any atom is -0.748 e. The summed E-state index contributed by atoms with van der Waals surface area (Å²) in [7, 11) is -3.94. The van der Waals surface area contributed by atoms with Crippen molar-refractivity contribution in [2.24, 2.45) is 0 Å². The number of unbranched alkanes of at least 4 members (excludes halogenated alkanes) is 1. The Morgan fingerprint density at radius 3 is 2.00 bits per heavy atom. The zero-order chi connectivity index (χ0) is 6.62. The molecule has 3 nitrogen and oxygen atoms in total. The predicted octanol–water partition coefficient (Wildman–Crippen LogP) is -2.66. The largest absolute Gasteiger partial charge is 1.00 e. The van der Waals surface area contributed by atoms with Crippen LogP contribution in [0.5, 0.6) is 0 Å². The first-order chi connectivity index (χ1) is 3.56. The molecule has 0 aliphatic rings. The van der Waals surface area contributed by atoms with Crippen LogP contribution in [-0.4, -0.2) is 18.7 Å². The summed E-state index contributed by atoms with van der Waals surface area (Å²) in [4.78, 5) is 0. The van der Waals surface area contributed by atoms with Gasteiger partial charge in [0.05, 0.1) is 10.1 Å². The Kier molecular flexibility index (Phi) is 7.93. The van der Waals surface area contributed by atoms with E-state index in [-0.39, 0.29) is 35.3 Å². The maximum atomic E-state index is 9.83. The molecule has 0 heterocycles. The van der Waals surface area contributed by atoms with Gasteiger partial charge in [0, 0.05) is 5.75 Å². The van der Waals surface area contributed by atoms with Gasteiger partial charge in [-0.15, -0.1) is 0 Å². The van der Waals surface area contributed by atoms with Crippen LogP contribution < -0.4 is 29.6 Å². The van der Waals surface area contributed by atoms with Crippen molar-refractivity contribution in [1.82, 2.24) is 0 Å². The summed E-state index contributed by atoms with van der Waals surface area (Å²) in [5.41, 5.74) is 0. The minimum absolute atomic E-state index is 0. The molecule has 0 atom stereocenters. The molecule has 0 saturated heterocycles. The van der Waals surface area contributed by atoms with Crippen molar-refractivity contribution in [2.45, 2.75) is 19.8 Å². The van der Waals surface area contributed by atoms with Crippen LogP contribution in [0.3, 0.4) is 0 Å². The second kappa shape index (κ2) is 5.68. The summed E-state index contributed by atoms with van der Waals surface area (Å²) in [6.07, 6.45) is 1.23. The van der Waals surface area contributed by atoms with Gasteiger partial charge in [-0.25, -0.2) is 8.42 Å². The van der Waals surface area contributed by atoms with Crippen molar-refractivity contribution >= 4 is 10.1 Å². The SMILES string of the molecule is CCCCS(=O)(=O)[O-].[Na+]. The summed E-state index contributed by atoms with van der Waals surface area (Å²) in [6, 6.07) is 0. The quantitative estimate of drug-likeness (QED) is 0.334. The monoisotopic (exact) mass is 160 g/mol. The molecule has 0 bridgehead atoms. The van der Waals surface area contributed by atoms with Gasteiger partial charge in [0.25, 0.3) is 0 Å². The number of hydrogen-bond donors (Lipinski definition) is 0. The molecule has 0 N–H and O–H groups in total. The van der Waals surface area contributed by atoms with Gasteiger partial charge in [0.1, 0.15) is 0 Å². The fourth-order valence-corrected chi connectivity index (χ4v) is 0.963. The molecule has 0 aromatic rings. The molecule has 5 heteroatoms. The molecule has 0 amide bonds. The Labute approximate surface area is 77.9 Å². The number of rotatable bonds is 3. The van der Waals surface area contributed by atoms with E-state index in [9.17, 15) is 13.0 Å². The minimum atomic E-state index is -3.94. The molecule has 9 heavy (non-hydrogen) atoms. The van der Waals surface area contributed by atoms with Crippen LogP contribution in [0.25, 0.3) is 0 Å². The van der Waals surface area contributed by atoms with E-state index in [4.69, 9.17) is 0 Å². The van der Waals surface area contributed by atoms with Crippen molar-refractivity contribution < 1.29 is 42.5 Å². The van der Waals surface area contributed by atoms with Gasteiger partial charge >= 0.3 is 29.6 Å². The van der Waals surface area contributed by atoms with Crippen LogP contribution in [0, 0.1) is 0 Å². The van der Waals surface area contributed by atoms with Crippen LogP contribution in [-0.2, 0) is 10.1 Å². The van der Waals surface area contributed by atoms with Crippen LogP contribution in [0.15, 0.2) is 0 Å². The fraction of sp³-hybridized carbons (Fsp3) is 1.00. The predicted molar refractivity (Wildman–Crippen MR) is 29.5 cm³/mol. The molecule has 50 valence electrons. The van der Waals surface area contributed by atoms with Crippen molar-refractivity contribution in [1.29, 1.82) is 0 Å². The van der Waals surface area contributed by atoms with Gasteiger partial charge in [-0.1, -0.05) is 13.3 Å². The normalized spacial score (nSPS) is 10.4. The van der Waals surface area contributed by atoms with Gasteiger partial charge < -0.3 is 4.55 Å². The Bertz CT molecular complexity index is 140. The third-order valence-corrected chi connectivity index (χ3v) is 1.54. The van der Waals surface area contributed by atoms with E-state index in [1.165, 1.54) is 0 Å². The first kappa shape index (κ1) is 12.6. The summed E-state index contributed by atoms with van der Waals surface area (Å²) >= 11 is 0. The summed E-state index contributed by atoms with van der Waals surface area (Å²) < 4.78 is 29.5. The summed E-state index contributed by atoms with van der Waals surface area (Å²) in [6.45, 7) is 1.84.